The van der Waals surface area contributed by atoms with Gasteiger partial charge in [0.1, 0.15) is 18.3 Å². The number of nitrogens with one attached hydrogen (secondary N) is 1. The van der Waals surface area contributed by atoms with Gasteiger partial charge in [-0.3, -0.25) is 24.5 Å². The van der Waals surface area contributed by atoms with Crippen LogP contribution >= 0.6 is 0 Å². The summed E-state index contributed by atoms with van der Waals surface area (Å²) in [7, 11) is 0. The highest BCUT2D eigenvalue weighted by molar-refractivity contribution is 5.21. The van der Waals surface area contributed by atoms with Crippen LogP contribution < -0.4 is 11.2 Å². The number of hydrogen-bond acceptors (Lipinski definition) is 8. The van der Waals surface area contributed by atoms with Gasteiger partial charge in [0.2, 0.25) is 0 Å². The van der Waals surface area contributed by atoms with E-state index < -0.39 is 53.0 Å². The van der Waals surface area contributed by atoms with Crippen LogP contribution in [0, 0.1) is 10.1 Å². The summed E-state index contributed by atoms with van der Waals surface area (Å²) >= 11 is 0. The summed E-state index contributed by atoms with van der Waals surface area (Å²) in [6, 6.07) is 0. The van der Waals surface area contributed by atoms with Gasteiger partial charge in [-0.05, 0) is 0 Å². The van der Waals surface area contributed by atoms with E-state index in [9.17, 15) is 29.9 Å². The smallest absolute Gasteiger partial charge is 0.350 e. The zero-order valence-electron chi connectivity index (χ0n) is 10.4. The molecule has 118 valence electrons. The van der Waals surface area contributed by atoms with E-state index in [1.54, 1.807) is 4.98 Å². The average Bonchev–Trinajstić information content (AvgIpc) is 2.66. The first-order valence-corrected chi connectivity index (χ1v) is 5.49. The number of aromatic amines is 1. The molecule has 6 N–H and O–H groups in total. The third kappa shape index (κ3) is 2.84. The summed E-state index contributed by atoms with van der Waals surface area (Å²) in [6.45, 7) is -0.616. The molecule has 0 saturated carbocycles. The van der Waals surface area contributed by atoms with Gasteiger partial charge in [0.15, 0.2) is 6.23 Å². The van der Waals surface area contributed by atoms with Gasteiger partial charge in [0, 0.05) is 0 Å². The highest BCUT2D eigenvalue weighted by Gasteiger charge is 2.44. The molecule has 0 amide bonds. The van der Waals surface area contributed by atoms with Crippen molar-refractivity contribution < 1.29 is 30.5 Å². The highest BCUT2D eigenvalue weighted by Crippen LogP contribution is 2.28. The number of nitro groups is 1. The molecule has 0 unspecified atom stereocenters. The molecule has 12 heteroatoms. The summed E-state index contributed by atoms with van der Waals surface area (Å²) in [4.78, 5) is 34.2. The van der Waals surface area contributed by atoms with E-state index in [-0.39, 0.29) is 5.48 Å². The zero-order chi connectivity index (χ0) is 15.0. The molecule has 1 aromatic rings. The van der Waals surface area contributed by atoms with E-state index in [0.717, 1.165) is 0 Å². The van der Waals surface area contributed by atoms with Crippen molar-refractivity contribution in [3.8, 4) is 0 Å². The lowest BCUT2D eigenvalue weighted by molar-refractivity contribution is -0.387. The van der Waals surface area contributed by atoms with Crippen LogP contribution in [0.4, 0.5) is 5.69 Å². The second-order valence-corrected chi connectivity index (χ2v) is 4.17. The quantitative estimate of drug-likeness (QED) is 0.322. The van der Waals surface area contributed by atoms with Crippen molar-refractivity contribution in [1.82, 2.24) is 9.55 Å². The standard InChI is InChI=1S/C9H11N3O8.H2O/c13-2-4-5(14)6(15)8(20-4)11-1-3(12(18)19)7(16)10-9(11)17;/h1,4-6,8,13-15H,2H2,(H,10,16,17);1H2/t4-,5-,6-,8-;/m1./s1. The second-order valence-electron chi connectivity index (χ2n) is 4.17. The van der Waals surface area contributed by atoms with Crippen molar-refractivity contribution >= 4 is 5.69 Å². The molecule has 0 aliphatic carbocycles. The fourth-order valence-corrected chi connectivity index (χ4v) is 1.90. The molecular weight excluding hydrogens is 294 g/mol. The zero-order valence-corrected chi connectivity index (χ0v) is 10.4. The maximum atomic E-state index is 11.6. The van der Waals surface area contributed by atoms with Gasteiger partial charge >= 0.3 is 16.9 Å². The Kier molecular flexibility index (Phi) is 4.93. The molecule has 1 aliphatic heterocycles. The van der Waals surface area contributed by atoms with Crippen LogP contribution in [-0.4, -0.2) is 60.2 Å². The Labute approximate surface area is 115 Å². The molecule has 0 spiro atoms. The molecule has 1 fully saturated rings. The molecule has 12 nitrogen and oxygen atoms in total. The normalized spacial score (nSPS) is 28.1. The first kappa shape index (κ1) is 16.9. The number of hydrogen-bond donors (Lipinski definition) is 4. The minimum Gasteiger partial charge on any atom is -0.412 e. The summed E-state index contributed by atoms with van der Waals surface area (Å²) in [6.07, 6.45) is -5.04. The maximum absolute atomic E-state index is 11.6. The number of rotatable bonds is 3. The fourth-order valence-electron chi connectivity index (χ4n) is 1.90. The monoisotopic (exact) mass is 307 g/mol. The van der Waals surface area contributed by atoms with Gasteiger partial charge in [-0.2, -0.15) is 0 Å². The highest BCUT2D eigenvalue weighted by atomic mass is 16.6. The van der Waals surface area contributed by atoms with E-state index in [0.29, 0.717) is 10.8 Å². The van der Waals surface area contributed by atoms with Gasteiger partial charge in [-0.25, -0.2) is 4.79 Å². The summed E-state index contributed by atoms with van der Waals surface area (Å²) in [5.74, 6) is 0. The van der Waals surface area contributed by atoms with Crippen molar-refractivity contribution in [2.24, 2.45) is 0 Å². The molecule has 1 saturated heterocycles. The van der Waals surface area contributed by atoms with Gasteiger partial charge < -0.3 is 25.5 Å². The van der Waals surface area contributed by atoms with Crippen molar-refractivity contribution in [3.05, 3.63) is 37.1 Å². The number of ether oxygens (including phenoxy) is 1. The predicted octanol–water partition coefficient (Wildman–Crippen LogP) is -3.77. The molecule has 21 heavy (non-hydrogen) atoms. The SMILES string of the molecule is O.O=c1[nH]c(=O)n([C@@H]2O[C@H](CO)[C@@H](O)[C@H]2O)cc1[N+](=O)[O-]. The van der Waals surface area contributed by atoms with Crippen LogP contribution in [0.1, 0.15) is 6.23 Å². The van der Waals surface area contributed by atoms with Crippen LogP contribution in [0.15, 0.2) is 15.8 Å². The van der Waals surface area contributed by atoms with Crippen LogP contribution in [0.5, 0.6) is 0 Å². The first-order valence-electron chi connectivity index (χ1n) is 5.49. The van der Waals surface area contributed by atoms with E-state index in [1.165, 1.54) is 0 Å². The number of H-pyrrole nitrogens is 1. The average molecular weight is 307 g/mol. The molecule has 1 aromatic heterocycles. The molecule has 2 rings (SSSR count). The van der Waals surface area contributed by atoms with Crippen molar-refractivity contribution in [2.75, 3.05) is 6.61 Å². The van der Waals surface area contributed by atoms with Crippen LogP contribution in [0.3, 0.4) is 0 Å². The maximum Gasteiger partial charge on any atom is 0.350 e. The second kappa shape index (κ2) is 6.11. The Bertz CT molecular complexity index is 638. The lowest BCUT2D eigenvalue weighted by Gasteiger charge is -2.16. The topological polar surface area (TPSA) is 199 Å². The van der Waals surface area contributed by atoms with E-state index in [2.05, 4.69) is 0 Å². The van der Waals surface area contributed by atoms with Crippen LogP contribution in [0.2, 0.25) is 0 Å². The number of aromatic nitrogens is 2. The van der Waals surface area contributed by atoms with Gasteiger partial charge in [0.05, 0.1) is 17.7 Å². The molecule has 0 bridgehead atoms. The Hall–Kier alpha value is -2.12. The molecule has 1 aliphatic rings. The van der Waals surface area contributed by atoms with Gasteiger partial charge in [-0.15, -0.1) is 0 Å². The van der Waals surface area contributed by atoms with Crippen LogP contribution in [-0.2, 0) is 4.74 Å². The number of aliphatic hydroxyl groups is 3. The van der Waals surface area contributed by atoms with E-state index >= 15 is 0 Å². The summed E-state index contributed by atoms with van der Waals surface area (Å²) < 4.78 is 5.63. The minimum atomic E-state index is -1.59. The Morgan fingerprint density at radius 1 is 1.38 bits per heavy atom. The molecule has 0 radical (unpaired) electrons. The fraction of sp³-hybridized carbons (Fsp3) is 0.556. The van der Waals surface area contributed by atoms with E-state index in [4.69, 9.17) is 9.84 Å². The Morgan fingerprint density at radius 2 is 2.00 bits per heavy atom. The third-order valence-corrected chi connectivity index (χ3v) is 2.94. The lowest BCUT2D eigenvalue weighted by Crippen LogP contribution is -2.38. The molecular formula is C9H13N3O9. The number of aliphatic hydroxyl groups excluding tert-OH is 3. The lowest BCUT2D eigenvalue weighted by atomic mass is 10.1. The predicted molar refractivity (Wildman–Crippen MR) is 64.6 cm³/mol. The van der Waals surface area contributed by atoms with Gasteiger partial charge in [0.25, 0.3) is 0 Å². The molecule has 0 aromatic carbocycles. The first-order chi connectivity index (χ1) is 9.36. The van der Waals surface area contributed by atoms with Crippen molar-refractivity contribution in [2.45, 2.75) is 24.5 Å². The molecule has 2 heterocycles. The largest absolute Gasteiger partial charge is 0.412 e. The van der Waals surface area contributed by atoms with Crippen LogP contribution in [0.25, 0.3) is 0 Å². The minimum absolute atomic E-state index is 0. The molecule has 4 atom stereocenters. The summed E-state index contributed by atoms with van der Waals surface area (Å²) in [5, 5.41) is 38.9. The number of nitrogens with zero attached hydrogens (tertiary/aromatic N) is 2. The Balaban J connectivity index is 0.00000220. The Morgan fingerprint density at radius 3 is 2.48 bits per heavy atom. The van der Waals surface area contributed by atoms with Crippen molar-refractivity contribution in [1.29, 1.82) is 0 Å². The van der Waals surface area contributed by atoms with E-state index in [1.807, 2.05) is 0 Å². The van der Waals surface area contributed by atoms with Crippen molar-refractivity contribution in [3.63, 3.8) is 0 Å². The third-order valence-electron chi connectivity index (χ3n) is 2.94. The summed E-state index contributed by atoms with van der Waals surface area (Å²) in [5.41, 5.74) is -3.15. The van der Waals surface area contributed by atoms with Gasteiger partial charge in [-0.1, -0.05) is 0 Å².